The van der Waals surface area contributed by atoms with E-state index in [1.54, 1.807) is 16.8 Å². The monoisotopic (exact) mass is 422 g/mol. The molecule has 1 aromatic heterocycles. The Balaban J connectivity index is 1.68. The number of carbonyl (C=O) groups is 1. The van der Waals surface area contributed by atoms with Gasteiger partial charge in [-0.25, -0.2) is 4.39 Å². The third-order valence-corrected chi connectivity index (χ3v) is 6.29. The molecule has 4 rings (SSSR count). The number of aliphatic carboxylic acids is 1. The average Bonchev–Trinajstić information content (AvgIpc) is 3.32. The number of hydrogen-bond donors (Lipinski definition) is 2. The van der Waals surface area contributed by atoms with Crippen LogP contribution in [0.4, 0.5) is 4.39 Å². The van der Waals surface area contributed by atoms with E-state index in [-0.39, 0.29) is 12.2 Å². The van der Waals surface area contributed by atoms with E-state index in [9.17, 15) is 14.3 Å². The summed E-state index contributed by atoms with van der Waals surface area (Å²) >= 11 is 0. The van der Waals surface area contributed by atoms with Crippen LogP contribution in [0, 0.1) is 19.7 Å². The van der Waals surface area contributed by atoms with Crippen LogP contribution in [0.25, 0.3) is 0 Å². The fourth-order valence-corrected chi connectivity index (χ4v) is 4.63. The third-order valence-electron chi connectivity index (χ3n) is 6.29. The summed E-state index contributed by atoms with van der Waals surface area (Å²) in [4.78, 5) is 10.9. The number of aromatic nitrogens is 2. The first-order valence-electron chi connectivity index (χ1n) is 10.7. The normalized spacial score (nSPS) is 12.9. The van der Waals surface area contributed by atoms with Crippen molar-refractivity contribution in [1.29, 1.82) is 0 Å². The zero-order valence-electron chi connectivity index (χ0n) is 17.9. The molecule has 3 aromatic rings. The Morgan fingerprint density at radius 3 is 2.52 bits per heavy atom. The number of hydrogen-bond acceptors (Lipinski definition) is 3. The van der Waals surface area contributed by atoms with Gasteiger partial charge in [0.15, 0.2) is 0 Å². The first-order valence-corrected chi connectivity index (χ1v) is 10.7. The van der Waals surface area contributed by atoms with Crippen molar-refractivity contribution in [3.8, 4) is 5.75 Å². The molecule has 162 valence electrons. The van der Waals surface area contributed by atoms with Gasteiger partial charge in [-0.3, -0.25) is 9.48 Å². The Bertz CT molecular complexity index is 1130. The minimum absolute atomic E-state index is 0.0395. The summed E-state index contributed by atoms with van der Waals surface area (Å²) in [6, 6.07) is 8.47. The SMILES string of the molecule is Cc1nn(CCC(=O)O)c(C)c1Cc1cc(Cc2ccc(F)cc2)c(O)c2c1CCC2. The van der Waals surface area contributed by atoms with Gasteiger partial charge in [-0.2, -0.15) is 5.10 Å². The molecule has 2 N–H and O–H groups in total. The van der Waals surface area contributed by atoms with Gasteiger partial charge >= 0.3 is 5.97 Å². The van der Waals surface area contributed by atoms with Crippen molar-refractivity contribution in [3.63, 3.8) is 0 Å². The molecule has 0 spiro atoms. The fourth-order valence-electron chi connectivity index (χ4n) is 4.63. The van der Waals surface area contributed by atoms with Crippen LogP contribution in [0.2, 0.25) is 0 Å². The number of carboxylic acids is 1. The number of aromatic hydroxyl groups is 1. The molecule has 0 aliphatic heterocycles. The summed E-state index contributed by atoms with van der Waals surface area (Å²) in [5.41, 5.74) is 8.25. The van der Waals surface area contributed by atoms with Gasteiger partial charge in [-0.15, -0.1) is 0 Å². The zero-order chi connectivity index (χ0) is 22.1. The summed E-state index contributed by atoms with van der Waals surface area (Å²) in [6.45, 7) is 4.29. The van der Waals surface area contributed by atoms with Gasteiger partial charge in [-0.1, -0.05) is 18.2 Å². The second-order valence-electron chi connectivity index (χ2n) is 8.35. The lowest BCUT2D eigenvalue weighted by Crippen LogP contribution is -2.08. The van der Waals surface area contributed by atoms with E-state index in [1.807, 2.05) is 13.8 Å². The lowest BCUT2D eigenvalue weighted by molar-refractivity contribution is -0.137. The fraction of sp³-hybridized carbons (Fsp3) is 0.360. The van der Waals surface area contributed by atoms with Crippen LogP contribution in [0.15, 0.2) is 30.3 Å². The van der Waals surface area contributed by atoms with Gasteiger partial charge in [-0.05, 0) is 73.1 Å². The molecular weight excluding hydrogens is 395 g/mol. The van der Waals surface area contributed by atoms with Crippen LogP contribution in [-0.2, 0) is 37.0 Å². The average molecular weight is 423 g/mol. The van der Waals surface area contributed by atoms with Crippen molar-refractivity contribution in [3.05, 3.63) is 80.9 Å². The summed E-state index contributed by atoms with van der Waals surface area (Å²) in [6.07, 6.45) is 4.11. The highest BCUT2D eigenvalue weighted by atomic mass is 19.1. The second-order valence-corrected chi connectivity index (χ2v) is 8.35. The number of rotatable bonds is 7. The van der Waals surface area contributed by atoms with Crippen LogP contribution >= 0.6 is 0 Å². The minimum atomic E-state index is -0.837. The van der Waals surface area contributed by atoms with Gasteiger partial charge in [0.2, 0.25) is 0 Å². The number of halogens is 1. The highest BCUT2D eigenvalue weighted by Gasteiger charge is 2.23. The number of phenols is 1. The van der Waals surface area contributed by atoms with Crippen LogP contribution in [0.5, 0.6) is 5.75 Å². The topological polar surface area (TPSA) is 75.4 Å². The van der Waals surface area contributed by atoms with E-state index in [4.69, 9.17) is 5.11 Å². The van der Waals surface area contributed by atoms with Crippen LogP contribution in [0.1, 0.15) is 57.6 Å². The van der Waals surface area contributed by atoms with E-state index < -0.39 is 5.97 Å². The number of carboxylic acid groups (broad SMARTS) is 1. The smallest absolute Gasteiger partial charge is 0.305 e. The molecule has 0 radical (unpaired) electrons. The molecule has 5 nitrogen and oxygen atoms in total. The van der Waals surface area contributed by atoms with E-state index in [2.05, 4.69) is 11.2 Å². The summed E-state index contributed by atoms with van der Waals surface area (Å²) < 4.78 is 15.1. The summed E-state index contributed by atoms with van der Waals surface area (Å²) in [5.74, 6) is -0.740. The number of nitrogens with zero attached hydrogens (tertiary/aromatic N) is 2. The van der Waals surface area contributed by atoms with Crippen molar-refractivity contribution in [2.24, 2.45) is 0 Å². The lowest BCUT2D eigenvalue weighted by atomic mass is 9.91. The van der Waals surface area contributed by atoms with Gasteiger partial charge in [0.25, 0.3) is 0 Å². The molecular formula is C25H27FN2O3. The molecule has 1 aliphatic rings. The van der Waals surface area contributed by atoms with Crippen molar-refractivity contribution in [1.82, 2.24) is 9.78 Å². The molecule has 1 aliphatic carbocycles. The number of aryl methyl sites for hydroxylation is 2. The van der Waals surface area contributed by atoms with Gasteiger partial charge in [0.05, 0.1) is 18.7 Å². The largest absolute Gasteiger partial charge is 0.507 e. The predicted octanol–water partition coefficient (Wildman–Crippen LogP) is 4.49. The molecule has 0 unspecified atom stereocenters. The van der Waals surface area contributed by atoms with Crippen LogP contribution in [-0.4, -0.2) is 26.0 Å². The molecule has 31 heavy (non-hydrogen) atoms. The highest BCUT2D eigenvalue weighted by Crippen LogP contribution is 2.38. The van der Waals surface area contributed by atoms with Gasteiger partial charge in [0.1, 0.15) is 11.6 Å². The Morgan fingerprint density at radius 2 is 1.81 bits per heavy atom. The molecule has 0 saturated carbocycles. The molecule has 6 heteroatoms. The molecule has 0 bridgehead atoms. The first-order chi connectivity index (χ1) is 14.8. The van der Waals surface area contributed by atoms with E-state index in [0.717, 1.165) is 52.9 Å². The van der Waals surface area contributed by atoms with E-state index in [1.165, 1.54) is 23.3 Å². The zero-order valence-corrected chi connectivity index (χ0v) is 17.9. The van der Waals surface area contributed by atoms with Crippen molar-refractivity contribution in [2.75, 3.05) is 0 Å². The number of fused-ring (bicyclic) bond motifs is 1. The number of benzene rings is 2. The Kier molecular flexibility index (Phi) is 5.81. The van der Waals surface area contributed by atoms with E-state index >= 15 is 0 Å². The molecule has 0 amide bonds. The standard InChI is InChI=1S/C25H27FN2O3/c1-15-23(16(2)28(27-15)11-10-24(29)30)14-18-13-19(12-17-6-8-20(26)9-7-17)25(31)22-5-3-4-21(18)22/h6-9,13,31H,3-5,10-12,14H2,1-2H3,(H,29,30). The third kappa shape index (κ3) is 4.33. The maximum absolute atomic E-state index is 13.3. The Morgan fingerprint density at radius 1 is 1.10 bits per heavy atom. The minimum Gasteiger partial charge on any atom is -0.507 e. The Hall–Kier alpha value is -3.15. The summed E-state index contributed by atoms with van der Waals surface area (Å²) in [7, 11) is 0. The quantitative estimate of drug-likeness (QED) is 0.588. The van der Waals surface area contributed by atoms with Crippen molar-refractivity contribution in [2.45, 2.75) is 58.9 Å². The first kappa shape index (κ1) is 21.1. The van der Waals surface area contributed by atoms with Crippen molar-refractivity contribution < 1.29 is 19.4 Å². The van der Waals surface area contributed by atoms with Crippen LogP contribution < -0.4 is 0 Å². The molecule has 0 atom stereocenters. The maximum Gasteiger partial charge on any atom is 0.305 e. The second kappa shape index (κ2) is 8.53. The Labute approximate surface area is 181 Å². The van der Waals surface area contributed by atoms with Gasteiger partial charge in [0, 0.05) is 24.1 Å². The summed E-state index contributed by atoms with van der Waals surface area (Å²) in [5, 5.41) is 24.5. The lowest BCUT2D eigenvalue weighted by Gasteiger charge is -2.16. The maximum atomic E-state index is 13.3. The molecule has 0 fully saturated rings. The number of phenolic OH excluding ortho intramolecular Hbond substituents is 1. The van der Waals surface area contributed by atoms with E-state index in [0.29, 0.717) is 25.1 Å². The highest BCUT2D eigenvalue weighted by molar-refractivity contribution is 5.66. The molecule has 0 saturated heterocycles. The predicted molar refractivity (Wildman–Crippen MR) is 116 cm³/mol. The van der Waals surface area contributed by atoms with Gasteiger partial charge < -0.3 is 10.2 Å². The van der Waals surface area contributed by atoms with Crippen LogP contribution in [0.3, 0.4) is 0 Å². The molecule has 2 aromatic carbocycles. The molecule has 1 heterocycles. The van der Waals surface area contributed by atoms with Crippen molar-refractivity contribution >= 4 is 5.97 Å².